The van der Waals surface area contributed by atoms with E-state index in [2.05, 4.69) is 11.8 Å². The molecule has 1 N–H and O–H groups in total. The molecule has 2 rings (SSSR count). The Balaban J connectivity index is 2.07. The van der Waals surface area contributed by atoms with Gasteiger partial charge < -0.3 is 9.84 Å². The predicted molar refractivity (Wildman–Crippen MR) is 73.3 cm³/mol. The smallest absolute Gasteiger partial charge is 0.308 e. The van der Waals surface area contributed by atoms with E-state index in [1.165, 1.54) is 5.56 Å². The van der Waals surface area contributed by atoms with Crippen molar-refractivity contribution in [3.05, 3.63) is 29.8 Å². The van der Waals surface area contributed by atoms with Crippen molar-refractivity contribution in [2.45, 2.75) is 19.9 Å². The predicted octanol–water partition coefficient (Wildman–Crippen LogP) is 2.41. The highest BCUT2D eigenvalue weighted by molar-refractivity contribution is 5.71. The van der Waals surface area contributed by atoms with Gasteiger partial charge in [0.05, 0.1) is 13.0 Å². The van der Waals surface area contributed by atoms with Crippen LogP contribution in [0.3, 0.4) is 0 Å². The van der Waals surface area contributed by atoms with E-state index in [1.807, 2.05) is 31.2 Å². The van der Waals surface area contributed by atoms with Crippen molar-refractivity contribution >= 4 is 5.97 Å². The molecule has 4 nitrogen and oxygen atoms in total. The first-order chi connectivity index (χ1) is 9.02. The summed E-state index contributed by atoms with van der Waals surface area (Å²) in [6, 6.07) is 8.21. The highest BCUT2D eigenvalue weighted by Gasteiger charge is 2.36. The van der Waals surface area contributed by atoms with Crippen LogP contribution < -0.4 is 4.74 Å². The lowest BCUT2D eigenvalue weighted by molar-refractivity contribution is -0.142. The van der Waals surface area contributed by atoms with Gasteiger partial charge in [0.1, 0.15) is 5.75 Å². The lowest BCUT2D eigenvalue weighted by Crippen LogP contribution is -2.26. The van der Waals surface area contributed by atoms with Crippen LogP contribution >= 0.6 is 0 Å². The highest BCUT2D eigenvalue weighted by Crippen LogP contribution is 2.31. The highest BCUT2D eigenvalue weighted by atomic mass is 16.5. The van der Waals surface area contributed by atoms with Crippen molar-refractivity contribution in [3.63, 3.8) is 0 Å². The Hall–Kier alpha value is -1.55. The number of aliphatic carboxylic acids is 1. The van der Waals surface area contributed by atoms with Crippen molar-refractivity contribution < 1.29 is 14.6 Å². The van der Waals surface area contributed by atoms with Crippen LogP contribution in [-0.2, 0) is 4.79 Å². The summed E-state index contributed by atoms with van der Waals surface area (Å²) in [6.07, 6.45) is 0. The second-order valence-corrected chi connectivity index (χ2v) is 5.33. The van der Waals surface area contributed by atoms with Gasteiger partial charge in [-0.3, -0.25) is 9.69 Å². The number of hydrogen-bond acceptors (Lipinski definition) is 3. The van der Waals surface area contributed by atoms with Crippen molar-refractivity contribution in [2.24, 2.45) is 11.8 Å². The third-order valence-corrected chi connectivity index (χ3v) is 4.10. The molecule has 0 radical (unpaired) electrons. The maximum Gasteiger partial charge on any atom is 0.308 e. The third-order valence-electron chi connectivity index (χ3n) is 4.10. The second-order valence-electron chi connectivity index (χ2n) is 5.33. The number of carboxylic acid groups (broad SMARTS) is 1. The third kappa shape index (κ3) is 2.89. The number of likely N-dealkylation sites (tertiary alicyclic amines) is 1. The van der Waals surface area contributed by atoms with Crippen LogP contribution in [0.15, 0.2) is 24.3 Å². The van der Waals surface area contributed by atoms with E-state index in [-0.39, 0.29) is 17.9 Å². The van der Waals surface area contributed by atoms with Gasteiger partial charge in [0, 0.05) is 19.1 Å². The van der Waals surface area contributed by atoms with Gasteiger partial charge in [-0.1, -0.05) is 19.1 Å². The van der Waals surface area contributed by atoms with Crippen molar-refractivity contribution in [1.82, 2.24) is 4.90 Å². The SMILES string of the molecule is COc1ccc(C(C)N2C[C@@H](C)[C@H](C(=O)O)C2)cc1. The van der Waals surface area contributed by atoms with E-state index in [1.54, 1.807) is 7.11 Å². The van der Waals surface area contributed by atoms with Gasteiger partial charge in [-0.15, -0.1) is 0 Å². The average Bonchev–Trinajstić information content (AvgIpc) is 2.80. The molecule has 104 valence electrons. The minimum absolute atomic E-state index is 0.207. The molecule has 4 heteroatoms. The van der Waals surface area contributed by atoms with Crippen molar-refractivity contribution in [2.75, 3.05) is 20.2 Å². The normalized spacial score (nSPS) is 25.2. The molecule has 0 saturated carbocycles. The summed E-state index contributed by atoms with van der Waals surface area (Å²) in [4.78, 5) is 13.4. The molecule has 0 bridgehead atoms. The van der Waals surface area contributed by atoms with E-state index in [4.69, 9.17) is 4.74 Å². The molecule has 1 aliphatic heterocycles. The van der Waals surface area contributed by atoms with Gasteiger partial charge in [0.15, 0.2) is 0 Å². The fraction of sp³-hybridized carbons (Fsp3) is 0.533. The van der Waals surface area contributed by atoms with Crippen LogP contribution in [0.25, 0.3) is 0 Å². The maximum atomic E-state index is 11.2. The molecule has 1 unspecified atom stereocenters. The van der Waals surface area contributed by atoms with E-state index < -0.39 is 5.97 Å². The van der Waals surface area contributed by atoms with Crippen molar-refractivity contribution in [1.29, 1.82) is 0 Å². The topological polar surface area (TPSA) is 49.8 Å². The molecule has 3 atom stereocenters. The average molecular weight is 263 g/mol. The zero-order chi connectivity index (χ0) is 14.0. The Labute approximate surface area is 114 Å². The Morgan fingerprint density at radius 2 is 2.00 bits per heavy atom. The number of methoxy groups -OCH3 is 1. The molecule has 0 spiro atoms. The number of benzene rings is 1. The summed E-state index contributed by atoms with van der Waals surface area (Å²) in [5.74, 6) is 0.116. The molecule has 1 aromatic rings. The van der Waals surface area contributed by atoms with E-state index in [9.17, 15) is 9.90 Å². The molecular weight excluding hydrogens is 242 g/mol. The minimum atomic E-state index is -0.683. The van der Waals surface area contributed by atoms with Crippen LogP contribution in [0.5, 0.6) is 5.75 Å². The summed E-state index contributed by atoms with van der Waals surface area (Å²) in [6.45, 7) is 5.60. The van der Waals surface area contributed by atoms with E-state index >= 15 is 0 Å². The molecule has 1 heterocycles. The quantitative estimate of drug-likeness (QED) is 0.906. The Kier molecular flexibility index (Phi) is 4.10. The number of nitrogens with zero attached hydrogens (tertiary/aromatic N) is 1. The molecule has 0 amide bonds. The summed E-state index contributed by atoms with van der Waals surface area (Å²) < 4.78 is 5.15. The van der Waals surface area contributed by atoms with Gasteiger partial charge in [0.25, 0.3) is 0 Å². The number of hydrogen-bond donors (Lipinski definition) is 1. The maximum absolute atomic E-state index is 11.2. The summed E-state index contributed by atoms with van der Waals surface area (Å²) in [5, 5.41) is 9.18. The number of carbonyl (C=O) groups is 1. The van der Waals surface area contributed by atoms with Gasteiger partial charge in [-0.05, 0) is 30.5 Å². The zero-order valence-corrected chi connectivity index (χ0v) is 11.7. The van der Waals surface area contributed by atoms with Crippen LogP contribution in [-0.4, -0.2) is 36.2 Å². The first-order valence-electron chi connectivity index (χ1n) is 6.63. The second kappa shape index (κ2) is 5.61. The number of rotatable bonds is 4. The van der Waals surface area contributed by atoms with Crippen LogP contribution in [0.4, 0.5) is 0 Å². The number of carboxylic acids is 1. The fourth-order valence-electron chi connectivity index (χ4n) is 2.74. The van der Waals surface area contributed by atoms with Crippen molar-refractivity contribution in [3.8, 4) is 5.75 Å². The van der Waals surface area contributed by atoms with Crippen LogP contribution in [0.1, 0.15) is 25.5 Å². The lowest BCUT2D eigenvalue weighted by atomic mass is 9.99. The molecule has 0 aliphatic carbocycles. The Morgan fingerprint density at radius 3 is 2.47 bits per heavy atom. The number of ether oxygens (including phenoxy) is 1. The summed E-state index contributed by atoms with van der Waals surface area (Å²) >= 11 is 0. The Bertz CT molecular complexity index is 443. The lowest BCUT2D eigenvalue weighted by Gasteiger charge is -2.24. The fourth-order valence-corrected chi connectivity index (χ4v) is 2.74. The molecule has 1 fully saturated rings. The molecular formula is C15H21NO3. The summed E-state index contributed by atoms with van der Waals surface area (Å²) in [7, 11) is 1.65. The van der Waals surface area contributed by atoms with Gasteiger partial charge in [-0.25, -0.2) is 0 Å². The molecule has 1 saturated heterocycles. The summed E-state index contributed by atoms with van der Waals surface area (Å²) in [5.41, 5.74) is 1.19. The van der Waals surface area contributed by atoms with Crippen LogP contribution in [0, 0.1) is 11.8 Å². The van der Waals surface area contributed by atoms with Gasteiger partial charge in [0.2, 0.25) is 0 Å². The largest absolute Gasteiger partial charge is 0.497 e. The zero-order valence-electron chi connectivity index (χ0n) is 11.7. The first-order valence-corrected chi connectivity index (χ1v) is 6.63. The minimum Gasteiger partial charge on any atom is -0.497 e. The molecule has 0 aromatic heterocycles. The molecule has 1 aliphatic rings. The van der Waals surface area contributed by atoms with E-state index in [0.717, 1.165) is 12.3 Å². The first kappa shape index (κ1) is 13.9. The van der Waals surface area contributed by atoms with Crippen LogP contribution in [0.2, 0.25) is 0 Å². The molecule has 1 aromatic carbocycles. The van der Waals surface area contributed by atoms with Gasteiger partial charge >= 0.3 is 5.97 Å². The standard InChI is InChI=1S/C15H21NO3/c1-10-8-16(9-14(10)15(17)18)11(2)12-4-6-13(19-3)7-5-12/h4-7,10-11,14H,8-9H2,1-3H3,(H,17,18)/t10-,11?,14-/m1/s1. The molecule has 19 heavy (non-hydrogen) atoms. The Morgan fingerprint density at radius 1 is 1.37 bits per heavy atom. The van der Waals surface area contributed by atoms with Gasteiger partial charge in [-0.2, -0.15) is 0 Å². The van der Waals surface area contributed by atoms with E-state index in [0.29, 0.717) is 6.54 Å². The monoisotopic (exact) mass is 263 g/mol.